The van der Waals surface area contributed by atoms with Gasteiger partial charge in [0.25, 0.3) is 0 Å². The van der Waals surface area contributed by atoms with Crippen molar-refractivity contribution < 1.29 is 18.3 Å². The highest BCUT2D eigenvalue weighted by Gasteiger charge is 2.41. The van der Waals surface area contributed by atoms with Crippen LogP contribution in [0.25, 0.3) is 0 Å². The Hall–Kier alpha value is -1.08. The highest BCUT2D eigenvalue weighted by Crippen LogP contribution is 2.39. The van der Waals surface area contributed by atoms with Gasteiger partial charge in [-0.1, -0.05) is 36.7 Å². The Bertz CT molecular complexity index is 880. The van der Waals surface area contributed by atoms with Gasteiger partial charge in [-0.25, -0.2) is 9.18 Å². The van der Waals surface area contributed by atoms with Crippen molar-refractivity contribution in [1.29, 1.82) is 5.26 Å². The van der Waals surface area contributed by atoms with Gasteiger partial charge in [0.1, 0.15) is 11.4 Å². The van der Waals surface area contributed by atoms with Crippen LogP contribution < -0.4 is 5.32 Å². The van der Waals surface area contributed by atoms with Gasteiger partial charge in [-0.15, -0.1) is 11.8 Å². The van der Waals surface area contributed by atoms with Gasteiger partial charge in [-0.3, -0.25) is 0 Å². The number of benzene rings is 1. The zero-order chi connectivity index (χ0) is 26.4. The Morgan fingerprint density at radius 2 is 1.85 bits per heavy atom. The lowest BCUT2D eigenvalue weighted by molar-refractivity contribution is 0.0455. The molecule has 0 saturated heterocycles. The molecule has 0 fully saturated rings. The first kappa shape index (κ1) is 30.9. The van der Waals surface area contributed by atoms with E-state index in [0.29, 0.717) is 23.1 Å². The largest absolute Gasteiger partial charge is 0.444 e. The fourth-order valence-corrected chi connectivity index (χ4v) is 5.80. The predicted octanol–water partition coefficient (Wildman–Crippen LogP) is 7.76. The molecular formula is C25H40BrFN2O3SSi. The number of hydrogen-bond donors (Lipinski definition) is 1. The molecule has 1 rings (SSSR count). The fourth-order valence-electron chi connectivity index (χ4n) is 3.22. The number of ether oxygens (including phenoxy) is 1. The van der Waals surface area contributed by atoms with E-state index in [1.54, 1.807) is 39.8 Å². The van der Waals surface area contributed by atoms with Crippen LogP contribution in [0.4, 0.5) is 9.18 Å². The Balaban J connectivity index is 3.26. The summed E-state index contributed by atoms with van der Waals surface area (Å²) in [5.41, 5.74) is -1.48. The van der Waals surface area contributed by atoms with Crippen molar-refractivity contribution >= 4 is 42.1 Å². The summed E-state index contributed by atoms with van der Waals surface area (Å²) in [6, 6.07) is 6.84. The number of nitriles is 1. The van der Waals surface area contributed by atoms with Crippen LogP contribution in [0.3, 0.4) is 0 Å². The maximum atomic E-state index is 15.1. The maximum absolute atomic E-state index is 15.1. The number of nitrogens with zero attached hydrogens (tertiary/aromatic N) is 1. The zero-order valence-electron chi connectivity index (χ0n) is 22.0. The molecule has 0 radical (unpaired) electrons. The average molecular weight is 576 g/mol. The molecule has 0 aromatic heterocycles. The van der Waals surface area contributed by atoms with Crippen molar-refractivity contribution in [3.05, 3.63) is 34.1 Å². The van der Waals surface area contributed by atoms with E-state index < -0.39 is 31.4 Å². The second kappa shape index (κ2) is 12.2. The van der Waals surface area contributed by atoms with E-state index in [9.17, 15) is 10.1 Å². The minimum atomic E-state index is -1.90. The lowest BCUT2D eigenvalue weighted by atomic mass is 9.85. The number of halogens is 2. The van der Waals surface area contributed by atoms with Gasteiger partial charge in [0.2, 0.25) is 0 Å². The van der Waals surface area contributed by atoms with Crippen LogP contribution in [0, 0.1) is 17.1 Å². The first-order valence-electron chi connectivity index (χ1n) is 11.5. The normalized spacial score (nSPS) is 15.2. The number of thioether (sulfide) groups is 1. The van der Waals surface area contributed by atoms with Gasteiger partial charge >= 0.3 is 6.09 Å². The molecule has 2 atom stereocenters. The van der Waals surface area contributed by atoms with E-state index in [-0.39, 0.29) is 16.0 Å². The molecule has 5 nitrogen and oxygen atoms in total. The van der Waals surface area contributed by atoms with E-state index in [1.807, 2.05) is 0 Å². The summed E-state index contributed by atoms with van der Waals surface area (Å²) < 4.78 is 27.6. The van der Waals surface area contributed by atoms with Crippen LogP contribution in [0.5, 0.6) is 0 Å². The summed E-state index contributed by atoms with van der Waals surface area (Å²) in [4.78, 5) is 12.8. The SMILES string of the molecule is CC(C)(C)OC(=O)N[C@](C)(c1cc(Br)ccc1F)C(CCCO[Si](C)(C)C(C)(C)C)SCC#N. The molecule has 1 amide bonds. The number of nitrogens with one attached hydrogen (secondary N) is 1. The van der Waals surface area contributed by atoms with Crippen molar-refractivity contribution in [2.24, 2.45) is 0 Å². The molecule has 0 spiro atoms. The molecule has 0 bridgehead atoms. The van der Waals surface area contributed by atoms with Crippen molar-refractivity contribution in [2.75, 3.05) is 12.4 Å². The lowest BCUT2D eigenvalue weighted by Crippen LogP contribution is -2.52. The van der Waals surface area contributed by atoms with Crippen LogP contribution in [-0.4, -0.2) is 37.6 Å². The van der Waals surface area contributed by atoms with Crippen LogP contribution in [0.1, 0.15) is 66.9 Å². The summed E-state index contributed by atoms with van der Waals surface area (Å²) in [6.07, 6.45) is 0.713. The highest BCUT2D eigenvalue weighted by atomic mass is 79.9. The molecule has 0 saturated carbocycles. The molecule has 34 heavy (non-hydrogen) atoms. The first-order chi connectivity index (χ1) is 15.4. The Labute approximate surface area is 218 Å². The number of hydrogen-bond acceptors (Lipinski definition) is 5. The van der Waals surface area contributed by atoms with Crippen molar-refractivity contribution in [2.45, 2.75) is 95.8 Å². The van der Waals surface area contributed by atoms with Gasteiger partial charge in [-0.05, 0) is 76.9 Å². The van der Waals surface area contributed by atoms with Crippen molar-refractivity contribution in [1.82, 2.24) is 5.32 Å². The smallest absolute Gasteiger partial charge is 0.408 e. The topological polar surface area (TPSA) is 71.3 Å². The molecule has 0 aliphatic rings. The first-order valence-corrected chi connectivity index (χ1v) is 16.3. The van der Waals surface area contributed by atoms with Crippen molar-refractivity contribution in [3.63, 3.8) is 0 Å². The maximum Gasteiger partial charge on any atom is 0.408 e. The number of alkyl carbamates (subject to hydrolysis) is 1. The molecule has 1 N–H and O–H groups in total. The summed E-state index contributed by atoms with van der Waals surface area (Å²) in [5.74, 6) is -0.212. The summed E-state index contributed by atoms with van der Waals surface area (Å²) in [6.45, 7) is 18.7. The number of amides is 1. The van der Waals surface area contributed by atoms with E-state index >= 15 is 4.39 Å². The molecule has 0 aliphatic carbocycles. The van der Waals surface area contributed by atoms with Crippen LogP contribution in [0.15, 0.2) is 22.7 Å². The minimum absolute atomic E-state index is 0.105. The van der Waals surface area contributed by atoms with Gasteiger partial charge in [0.15, 0.2) is 8.32 Å². The van der Waals surface area contributed by atoms with Crippen molar-refractivity contribution in [3.8, 4) is 6.07 Å². The van der Waals surface area contributed by atoms with Crippen LogP contribution in [-0.2, 0) is 14.7 Å². The van der Waals surface area contributed by atoms with Gasteiger partial charge in [-0.2, -0.15) is 5.26 Å². The van der Waals surface area contributed by atoms with Gasteiger partial charge in [0, 0.05) is 21.9 Å². The Kier molecular flexibility index (Phi) is 11.1. The quantitative estimate of drug-likeness (QED) is 0.228. The average Bonchev–Trinajstić information content (AvgIpc) is 2.66. The third-order valence-electron chi connectivity index (χ3n) is 6.12. The molecule has 0 aliphatic heterocycles. The number of rotatable bonds is 10. The third-order valence-corrected chi connectivity index (χ3v) is 12.6. The van der Waals surface area contributed by atoms with E-state index in [2.05, 4.69) is 61.2 Å². The van der Waals surface area contributed by atoms with Gasteiger partial charge < -0.3 is 14.5 Å². The molecule has 1 aromatic rings. The molecule has 0 heterocycles. The third kappa shape index (κ3) is 9.18. The standard InChI is InChI=1S/C25H40BrFN2O3SSi/c1-23(2,3)32-22(30)29-25(7,19-17-18(26)12-13-20(19)27)21(33-16-14-28)11-10-15-31-34(8,9)24(4,5)6/h12-13,17,21H,10-11,15-16H2,1-9H3,(H,29,30)/t21?,25-/m1/s1. The van der Waals surface area contributed by atoms with Gasteiger partial charge in [0.05, 0.1) is 17.4 Å². The second-order valence-corrected chi connectivity index (χ2v) is 18.1. The van der Waals surface area contributed by atoms with E-state index in [1.165, 1.54) is 17.8 Å². The molecular weight excluding hydrogens is 535 g/mol. The highest BCUT2D eigenvalue weighted by molar-refractivity contribution is 9.10. The molecule has 9 heteroatoms. The van der Waals surface area contributed by atoms with E-state index in [4.69, 9.17) is 9.16 Å². The minimum Gasteiger partial charge on any atom is -0.444 e. The monoisotopic (exact) mass is 574 g/mol. The molecule has 192 valence electrons. The second-order valence-electron chi connectivity index (χ2n) is 11.2. The summed E-state index contributed by atoms with van der Waals surface area (Å²) in [7, 11) is -1.90. The number of carbonyl (C=O) groups excluding carboxylic acids is 1. The molecule has 1 unspecified atom stereocenters. The summed E-state index contributed by atoms with van der Waals surface area (Å²) in [5, 5.41) is 12.0. The Morgan fingerprint density at radius 3 is 2.38 bits per heavy atom. The molecule has 1 aromatic carbocycles. The fraction of sp³-hybridized carbons (Fsp3) is 0.680. The van der Waals surface area contributed by atoms with E-state index in [0.717, 1.165) is 6.42 Å². The summed E-state index contributed by atoms with van der Waals surface area (Å²) >= 11 is 4.83. The van der Waals surface area contributed by atoms with Crippen LogP contribution in [0.2, 0.25) is 18.1 Å². The zero-order valence-corrected chi connectivity index (χ0v) is 25.4. The number of carbonyl (C=O) groups is 1. The Morgan fingerprint density at radius 1 is 1.24 bits per heavy atom. The van der Waals surface area contributed by atoms with Crippen LogP contribution >= 0.6 is 27.7 Å². The predicted molar refractivity (Wildman–Crippen MR) is 145 cm³/mol. The lowest BCUT2D eigenvalue weighted by Gasteiger charge is -2.40.